The lowest BCUT2D eigenvalue weighted by Gasteiger charge is -2.34. The van der Waals surface area contributed by atoms with Crippen molar-refractivity contribution >= 4 is 36.0 Å². The molecule has 0 radical (unpaired) electrons. The third-order valence-corrected chi connectivity index (χ3v) is 9.22. The van der Waals surface area contributed by atoms with E-state index < -0.39 is 0 Å². The van der Waals surface area contributed by atoms with Gasteiger partial charge in [0.15, 0.2) is 5.75 Å². The van der Waals surface area contributed by atoms with E-state index in [1.54, 1.807) is 37.6 Å². The van der Waals surface area contributed by atoms with E-state index in [0.29, 0.717) is 48.7 Å². The second-order valence-corrected chi connectivity index (χ2v) is 13.3. The predicted molar refractivity (Wildman–Crippen MR) is 213 cm³/mol. The summed E-state index contributed by atoms with van der Waals surface area (Å²) in [4.78, 5) is 21.7. The van der Waals surface area contributed by atoms with Gasteiger partial charge in [-0.1, -0.05) is 65.7 Å². The number of carbonyl (C=O) groups excluding carboxylic acids is 1. The van der Waals surface area contributed by atoms with Gasteiger partial charge in [0.05, 0.1) is 24.9 Å². The van der Waals surface area contributed by atoms with Crippen molar-refractivity contribution in [1.29, 1.82) is 0 Å². The summed E-state index contributed by atoms with van der Waals surface area (Å²) in [6.07, 6.45) is 5.90. The fraction of sp³-hybridized carbons (Fsp3) is 0.256. The molecular weight excluding hydrogens is 709 g/mol. The fourth-order valence-electron chi connectivity index (χ4n) is 5.88. The number of halogens is 2. The Labute approximate surface area is 323 Å². The minimum Gasteiger partial charge on any atom is -0.497 e. The monoisotopic (exact) mass is 753 g/mol. The number of hydrogen-bond donors (Lipinski definition) is 0. The minimum absolute atomic E-state index is 0. The normalized spacial score (nSPS) is 13.0. The van der Waals surface area contributed by atoms with Crippen LogP contribution in [0.1, 0.15) is 33.4 Å². The van der Waals surface area contributed by atoms with Crippen LogP contribution in [-0.2, 0) is 24.4 Å². The van der Waals surface area contributed by atoms with Gasteiger partial charge in [0.2, 0.25) is 11.8 Å². The summed E-state index contributed by atoms with van der Waals surface area (Å²) in [6.45, 7) is 8.91. The summed E-state index contributed by atoms with van der Waals surface area (Å²) in [5.41, 5.74) is 6.46. The number of carbonyl (C=O) groups is 1. The molecule has 1 saturated heterocycles. The van der Waals surface area contributed by atoms with Crippen LogP contribution in [0.2, 0.25) is 5.02 Å². The average molecular weight is 755 g/mol. The average Bonchev–Trinajstić information content (AvgIpc) is 3.17. The maximum atomic E-state index is 13.1. The van der Waals surface area contributed by atoms with Gasteiger partial charge in [-0.3, -0.25) is 9.69 Å². The van der Waals surface area contributed by atoms with E-state index in [-0.39, 0.29) is 18.3 Å². The zero-order valence-corrected chi connectivity index (χ0v) is 31.9. The number of hydrogen-bond acceptors (Lipinski definition) is 7. The Morgan fingerprint density at radius 3 is 2.11 bits per heavy atom. The van der Waals surface area contributed by atoms with Crippen molar-refractivity contribution in [2.24, 2.45) is 0 Å². The molecule has 0 aliphatic carbocycles. The number of amides is 1. The number of aromatic nitrogens is 1. The number of nitrogens with zero attached hydrogens (tertiary/aromatic N) is 3. The summed E-state index contributed by atoms with van der Waals surface area (Å²) in [5, 5.41) is 0.442. The maximum absolute atomic E-state index is 13.1. The lowest BCUT2D eigenvalue weighted by atomic mass is 10.1. The third kappa shape index (κ3) is 11.5. The van der Waals surface area contributed by atoms with Crippen LogP contribution in [-0.4, -0.2) is 60.6 Å². The molecule has 4 aromatic carbocycles. The molecule has 0 N–H and O–H groups in total. The molecule has 0 saturated carbocycles. The van der Waals surface area contributed by atoms with Crippen molar-refractivity contribution in [3.63, 3.8) is 0 Å². The first kappa shape index (κ1) is 39.2. The highest BCUT2D eigenvalue weighted by Crippen LogP contribution is 2.34. The highest BCUT2D eigenvalue weighted by atomic mass is 35.5. The molecule has 6 rings (SSSR count). The standard InChI is InChI=1S/C43H44ClN3O5.ClH/c1-31-4-6-35(7-5-31)30-51-39-17-18-41(45-28-39)52-43-32(2)26-36(27-40(43)44)12-19-42(48)47-23-21-46(22-24-47)29-34-10-8-33(9-11-34)20-25-50-38-15-13-37(49-3)14-16-38;/h4-19,26-28H,20-25,29-30H2,1-3H3;1H. The van der Waals surface area contributed by atoms with E-state index in [1.807, 2.05) is 60.4 Å². The van der Waals surface area contributed by atoms with Crippen molar-refractivity contribution in [3.8, 4) is 28.9 Å². The maximum Gasteiger partial charge on any atom is 0.246 e. The van der Waals surface area contributed by atoms with Gasteiger partial charge < -0.3 is 23.8 Å². The molecule has 1 amide bonds. The zero-order chi connectivity index (χ0) is 36.3. The molecule has 0 bridgehead atoms. The first-order valence-electron chi connectivity index (χ1n) is 17.5. The van der Waals surface area contributed by atoms with E-state index in [0.717, 1.165) is 54.2 Å². The van der Waals surface area contributed by atoms with Crippen LogP contribution in [0.5, 0.6) is 28.9 Å². The number of piperazine rings is 1. The van der Waals surface area contributed by atoms with Gasteiger partial charge in [-0.25, -0.2) is 4.98 Å². The quantitative estimate of drug-likeness (QED) is 0.105. The van der Waals surface area contributed by atoms with Crippen LogP contribution in [0.15, 0.2) is 109 Å². The smallest absolute Gasteiger partial charge is 0.246 e. The van der Waals surface area contributed by atoms with Crippen LogP contribution in [0.3, 0.4) is 0 Å². The van der Waals surface area contributed by atoms with Gasteiger partial charge in [-0.15, -0.1) is 12.4 Å². The molecule has 53 heavy (non-hydrogen) atoms. The molecular formula is C43H45Cl2N3O5. The molecule has 2 heterocycles. The largest absolute Gasteiger partial charge is 0.497 e. The Morgan fingerprint density at radius 2 is 1.45 bits per heavy atom. The lowest BCUT2D eigenvalue weighted by molar-refractivity contribution is -0.127. The number of pyridine rings is 1. The highest BCUT2D eigenvalue weighted by molar-refractivity contribution is 6.32. The number of benzene rings is 4. The zero-order valence-electron chi connectivity index (χ0n) is 30.3. The second-order valence-electron chi connectivity index (χ2n) is 12.9. The Kier molecular flexibility index (Phi) is 14.2. The molecule has 0 unspecified atom stereocenters. The highest BCUT2D eigenvalue weighted by Gasteiger charge is 2.20. The second kappa shape index (κ2) is 19.2. The Bertz CT molecular complexity index is 1920. The molecule has 1 fully saturated rings. The molecule has 1 aromatic heterocycles. The molecule has 0 spiro atoms. The van der Waals surface area contributed by atoms with Crippen molar-refractivity contribution < 1.29 is 23.7 Å². The van der Waals surface area contributed by atoms with Crippen LogP contribution in [0.4, 0.5) is 0 Å². The van der Waals surface area contributed by atoms with Crippen LogP contribution in [0, 0.1) is 13.8 Å². The minimum atomic E-state index is -0.0103. The summed E-state index contributed by atoms with van der Waals surface area (Å²) in [5.74, 6) is 3.23. The van der Waals surface area contributed by atoms with Gasteiger partial charge in [-0.2, -0.15) is 0 Å². The summed E-state index contributed by atoms with van der Waals surface area (Å²) < 4.78 is 23.0. The van der Waals surface area contributed by atoms with Gasteiger partial charge in [0, 0.05) is 51.3 Å². The molecule has 1 aliphatic rings. The Hall–Kier alpha value is -5.02. The first-order chi connectivity index (χ1) is 25.3. The van der Waals surface area contributed by atoms with Crippen molar-refractivity contribution in [2.45, 2.75) is 33.4 Å². The first-order valence-corrected chi connectivity index (χ1v) is 17.9. The topological polar surface area (TPSA) is 73.4 Å². The van der Waals surface area contributed by atoms with Gasteiger partial charge >= 0.3 is 0 Å². The Balaban J connectivity index is 0.00000541. The summed E-state index contributed by atoms with van der Waals surface area (Å²) >= 11 is 6.63. The van der Waals surface area contributed by atoms with E-state index in [2.05, 4.69) is 53.2 Å². The van der Waals surface area contributed by atoms with E-state index in [1.165, 1.54) is 16.7 Å². The van der Waals surface area contributed by atoms with Crippen LogP contribution >= 0.6 is 24.0 Å². The number of rotatable bonds is 14. The molecule has 8 nitrogen and oxygen atoms in total. The van der Waals surface area contributed by atoms with Gasteiger partial charge in [0.25, 0.3) is 0 Å². The van der Waals surface area contributed by atoms with E-state index in [9.17, 15) is 4.79 Å². The molecule has 1 aliphatic heterocycles. The fourth-order valence-corrected chi connectivity index (χ4v) is 6.19. The molecule has 10 heteroatoms. The van der Waals surface area contributed by atoms with Gasteiger partial charge in [0.1, 0.15) is 23.9 Å². The lowest BCUT2D eigenvalue weighted by Crippen LogP contribution is -2.47. The molecule has 5 aromatic rings. The van der Waals surface area contributed by atoms with Crippen molar-refractivity contribution in [3.05, 3.63) is 148 Å². The van der Waals surface area contributed by atoms with Crippen molar-refractivity contribution in [1.82, 2.24) is 14.8 Å². The number of methoxy groups -OCH3 is 1. The van der Waals surface area contributed by atoms with Gasteiger partial charge in [-0.05, 0) is 90.2 Å². The molecule has 0 atom stereocenters. The van der Waals surface area contributed by atoms with E-state index in [4.69, 9.17) is 30.5 Å². The Morgan fingerprint density at radius 1 is 0.792 bits per heavy atom. The predicted octanol–water partition coefficient (Wildman–Crippen LogP) is 9.13. The van der Waals surface area contributed by atoms with Crippen LogP contribution < -0.4 is 18.9 Å². The third-order valence-electron chi connectivity index (χ3n) is 8.94. The number of ether oxygens (including phenoxy) is 4. The van der Waals surface area contributed by atoms with E-state index >= 15 is 0 Å². The van der Waals surface area contributed by atoms with Crippen molar-refractivity contribution in [2.75, 3.05) is 39.9 Å². The number of aryl methyl sites for hydroxylation is 2. The van der Waals surface area contributed by atoms with Crippen LogP contribution in [0.25, 0.3) is 6.08 Å². The summed E-state index contributed by atoms with van der Waals surface area (Å²) in [7, 11) is 1.65. The molecule has 276 valence electrons. The summed E-state index contributed by atoms with van der Waals surface area (Å²) in [6, 6.07) is 31.9. The SMILES string of the molecule is COc1ccc(OCCc2ccc(CN3CCN(C(=O)C=Cc4cc(C)c(Oc5ccc(OCc6ccc(C)cc6)cn5)c(Cl)c4)CC3)cc2)cc1.Cl.